The molecule has 0 radical (unpaired) electrons. The maximum Gasteiger partial charge on any atom is 0.334 e. The number of ether oxygens (including phenoxy) is 1. The molecule has 0 aromatic rings. The summed E-state index contributed by atoms with van der Waals surface area (Å²) in [5, 5.41) is 0. The van der Waals surface area contributed by atoms with Crippen LogP contribution >= 0.6 is 0 Å². The van der Waals surface area contributed by atoms with E-state index in [0.717, 1.165) is 31.3 Å². The minimum atomic E-state index is -0.315. The summed E-state index contributed by atoms with van der Waals surface area (Å²) in [5.74, 6) is -0.280. The Bertz CT molecular complexity index is 604. The Morgan fingerprint density at radius 2 is 1.91 bits per heavy atom. The molecule has 1 aliphatic heterocycles. The minimum Gasteiger partial charge on any atom is -0.454 e. The molecule has 124 valence electrons. The van der Waals surface area contributed by atoms with Gasteiger partial charge in [-0.05, 0) is 64.5 Å². The second-order valence-corrected chi connectivity index (χ2v) is 6.63. The van der Waals surface area contributed by atoms with Crippen molar-refractivity contribution in [2.75, 3.05) is 0 Å². The zero-order valence-electron chi connectivity index (χ0n) is 14.4. The second-order valence-electron chi connectivity index (χ2n) is 6.63. The smallest absolute Gasteiger partial charge is 0.334 e. The second kappa shape index (κ2) is 7.58. The van der Waals surface area contributed by atoms with Gasteiger partial charge in [-0.25, -0.2) is 4.79 Å². The van der Waals surface area contributed by atoms with Crippen molar-refractivity contribution >= 4 is 11.8 Å². The molecule has 0 bridgehead atoms. The van der Waals surface area contributed by atoms with Crippen LogP contribution in [-0.2, 0) is 14.3 Å². The molecule has 0 aromatic heterocycles. The van der Waals surface area contributed by atoms with Crippen molar-refractivity contribution in [1.82, 2.24) is 0 Å². The van der Waals surface area contributed by atoms with Crippen LogP contribution in [-0.4, -0.2) is 17.9 Å². The lowest BCUT2D eigenvalue weighted by molar-refractivity contribution is -0.137. The predicted molar refractivity (Wildman–Crippen MR) is 91.9 cm³/mol. The number of carbonyl (C=O) groups is 2. The van der Waals surface area contributed by atoms with Crippen LogP contribution in [0, 0.1) is 5.92 Å². The molecule has 0 amide bonds. The van der Waals surface area contributed by atoms with Gasteiger partial charge in [0.15, 0.2) is 5.78 Å². The summed E-state index contributed by atoms with van der Waals surface area (Å²) in [6, 6.07) is 0. The molecule has 0 aromatic carbocycles. The summed E-state index contributed by atoms with van der Waals surface area (Å²) in [7, 11) is 0. The molecule has 23 heavy (non-hydrogen) atoms. The van der Waals surface area contributed by atoms with Crippen molar-refractivity contribution in [3.63, 3.8) is 0 Å². The average Bonchev–Trinajstić information content (AvgIpc) is 2.73. The van der Waals surface area contributed by atoms with Crippen molar-refractivity contribution in [2.45, 2.75) is 59.0 Å². The van der Waals surface area contributed by atoms with E-state index < -0.39 is 0 Å². The van der Waals surface area contributed by atoms with E-state index >= 15 is 0 Å². The molecule has 0 N–H and O–H groups in total. The van der Waals surface area contributed by atoms with Gasteiger partial charge in [0.05, 0.1) is 0 Å². The largest absolute Gasteiger partial charge is 0.454 e. The first kappa shape index (κ1) is 17.5. The highest BCUT2D eigenvalue weighted by molar-refractivity contribution is 5.93. The van der Waals surface area contributed by atoms with Crippen LogP contribution in [0.3, 0.4) is 0 Å². The fourth-order valence-electron chi connectivity index (χ4n) is 3.09. The number of esters is 1. The zero-order valence-corrected chi connectivity index (χ0v) is 14.4. The highest BCUT2D eigenvalue weighted by atomic mass is 16.5. The topological polar surface area (TPSA) is 43.4 Å². The molecular formula is C20H26O3. The minimum absolute atomic E-state index is 0.0680. The lowest BCUT2D eigenvalue weighted by Crippen LogP contribution is -2.14. The zero-order chi connectivity index (χ0) is 17.0. The Balaban J connectivity index is 2.32. The van der Waals surface area contributed by atoms with Crippen LogP contribution in [0.4, 0.5) is 0 Å². The Hall–Kier alpha value is -1.90. The molecule has 3 nitrogen and oxygen atoms in total. The van der Waals surface area contributed by atoms with Gasteiger partial charge in [0.2, 0.25) is 0 Å². The van der Waals surface area contributed by atoms with Crippen LogP contribution in [0.2, 0.25) is 0 Å². The normalized spacial score (nSPS) is 26.7. The van der Waals surface area contributed by atoms with E-state index in [1.165, 1.54) is 11.1 Å². The Morgan fingerprint density at radius 1 is 1.17 bits per heavy atom. The summed E-state index contributed by atoms with van der Waals surface area (Å²) in [5.41, 5.74) is 3.90. The van der Waals surface area contributed by atoms with E-state index in [-0.39, 0.29) is 23.8 Å². The molecule has 2 rings (SSSR count). The number of Topliss-reactive ketones (excluding diaryl/α,β-unsaturated/α-hetero) is 1. The van der Waals surface area contributed by atoms with E-state index in [4.69, 9.17) is 4.74 Å². The fourth-order valence-corrected chi connectivity index (χ4v) is 3.09. The summed E-state index contributed by atoms with van der Waals surface area (Å²) < 4.78 is 5.46. The lowest BCUT2D eigenvalue weighted by Gasteiger charge is -2.14. The monoisotopic (exact) mass is 314 g/mol. The molecule has 3 heteroatoms. The highest BCUT2D eigenvalue weighted by Crippen LogP contribution is 2.32. The van der Waals surface area contributed by atoms with Crippen LogP contribution in [0.1, 0.15) is 52.9 Å². The Kier molecular flexibility index (Phi) is 5.75. The number of carbonyl (C=O) groups excluding carboxylic acids is 2. The first-order chi connectivity index (χ1) is 10.9. The van der Waals surface area contributed by atoms with Gasteiger partial charge in [0.25, 0.3) is 0 Å². The van der Waals surface area contributed by atoms with Gasteiger partial charge < -0.3 is 4.74 Å². The molecule has 1 heterocycles. The van der Waals surface area contributed by atoms with E-state index in [1.807, 2.05) is 12.2 Å². The van der Waals surface area contributed by atoms with Crippen LogP contribution in [0.5, 0.6) is 0 Å². The van der Waals surface area contributed by atoms with Gasteiger partial charge in [-0.15, -0.1) is 0 Å². The van der Waals surface area contributed by atoms with Gasteiger partial charge in [-0.1, -0.05) is 29.9 Å². The summed E-state index contributed by atoms with van der Waals surface area (Å²) >= 11 is 0. The maximum atomic E-state index is 11.9. The maximum absolute atomic E-state index is 11.9. The van der Waals surface area contributed by atoms with Crippen molar-refractivity contribution in [2.24, 2.45) is 5.92 Å². The molecule has 2 aliphatic rings. The average molecular weight is 314 g/mol. The quantitative estimate of drug-likeness (QED) is 0.408. The molecule has 0 spiro atoms. The highest BCUT2D eigenvalue weighted by Gasteiger charge is 2.36. The van der Waals surface area contributed by atoms with E-state index in [2.05, 4.69) is 26.5 Å². The van der Waals surface area contributed by atoms with Gasteiger partial charge in [-0.3, -0.25) is 4.79 Å². The van der Waals surface area contributed by atoms with Crippen molar-refractivity contribution < 1.29 is 14.3 Å². The van der Waals surface area contributed by atoms with Crippen molar-refractivity contribution in [3.05, 3.63) is 47.1 Å². The van der Waals surface area contributed by atoms with Crippen LogP contribution < -0.4 is 0 Å². The number of allylic oxidation sites excluding steroid dienone is 5. The van der Waals surface area contributed by atoms with E-state index in [0.29, 0.717) is 12.0 Å². The van der Waals surface area contributed by atoms with Gasteiger partial charge in [0, 0.05) is 11.5 Å². The third-order valence-electron chi connectivity index (χ3n) is 4.69. The van der Waals surface area contributed by atoms with Gasteiger partial charge in [0.1, 0.15) is 6.10 Å². The molecule has 1 saturated heterocycles. The summed E-state index contributed by atoms with van der Waals surface area (Å²) in [4.78, 5) is 23.7. The number of ketones is 1. The molecule has 2 unspecified atom stereocenters. The first-order valence-corrected chi connectivity index (χ1v) is 8.31. The number of hydrogen-bond donors (Lipinski definition) is 0. The van der Waals surface area contributed by atoms with Crippen LogP contribution in [0.15, 0.2) is 47.1 Å². The summed E-state index contributed by atoms with van der Waals surface area (Å²) in [6.07, 6.45) is 10.2. The molecule has 1 aliphatic carbocycles. The molecule has 0 saturated carbocycles. The number of fused-ring (bicyclic) bond motifs is 1. The number of rotatable bonds is 1. The van der Waals surface area contributed by atoms with Crippen molar-refractivity contribution in [1.29, 1.82) is 0 Å². The van der Waals surface area contributed by atoms with Gasteiger partial charge >= 0.3 is 5.97 Å². The SMILES string of the molecule is C=C1C(=O)OC2C=C(C)CCC=C(C)CCC(C(C)=O)=CCC12. The first-order valence-electron chi connectivity index (χ1n) is 8.31. The van der Waals surface area contributed by atoms with E-state index in [9.17, 15) is 9.59 Å². The fraction of sp³-hybridized carbons (Fsp3) is 0.500. The van der Waals surface area contributed by atoms with E-state index in [1.54, 1.807) is 6.92 Å². The number of hydrogen-bond acceptors (Lipinski definition) is 3. The van der Waals surface area contributed by atoms with Crippen LogP contribution in [0.25, 0.3) is 0 Å². The molecule has 1 fully saturated rings. The Labute approximate surface area is 138 Å². The van der Waals surface area contributed by atoms with Gasteiger partial charge in [-0.2, -0.15) is 0 Å². The summed E-state index contributed by atoms with van der Waals surface area (Å²) in [6.45, 7) is 9.69. The molecular weight excluding hydrogens is 288 g/mol. The lowest BCUT2D eigenvalue weighted by atomic mass is 9.90. The predicted octanol–water partition coefficient (Wildman–Crippen LogP) is 4.46. The van der Waals surface area contributed by atoms with Crippen molar-refractivity contribution in [3.8, 4) is 0 Å². The molecule has 2 atom stereocenters. The third kappa shape index (κ3) is 4.54. The standard InChI is InChI=1S/C20H26O3/c1-13-6-5-7-14(2)12-19-18(15(3)20(22)23-19)11-10-17(9-8-13)16(4)21/h6,10,12,18-19H,3,5,7-9,11H2,1-2,4H3. The Morgan fingerprint density at radius 3 is 2.61 bits per heavy atom. The third-order valence-corrected chi connectivity index (χ3v) is 4.69.